The lowest BCUT2D eigenvalue weighted by atomic mass is 9.96. The van der Waals surface area contributed by atoms with E-state index in [0.717, 1.165) is 12.8 Å². The van der Waals surface area contributed by atoms with Crippen molar-refractivity contribution in [3.63, 3.8) is 0 Å². The highest BCUT2D eigenvalue weighted by Crippen LogP contribution is 2.47. The van der Waals surface area contributed by atoms with E-state index in [0.29, 0.717) is 18.7 Å². The number of amides is 2. The number of urea groups is 1. The molecule has 1 aliphatic rings. The van der Waals surface area contributed by atoms with Crippen molar-refractivity contribution in [3.05, 3.63) is 60.1 Å². The molecule has 1 fully saturated rings. The molecule has 2 aromatic rings. The van der Waals surface area contributed by atoms with E-state index >= 15 is 0 Å². The van der Waals surface area contributed by atoms with Gasteiger partial charge >= 0.3 is 6.03 Å². The zero-order chi connectivity index (χ0) is 17.0. The van der Waals surface area contributed by atoms with Crippen LogP contribution in [0.3, 0.4) is 0 Å². The summed E-state index contributed by atoms with van der Waals surface area (Å²) in [6.45, 7) is 2.51. The summed E-state index contributed by atoms with van der Waals surface area (Å²) in [5.74, 6) is 0.519. The number of nitrogens with one attached hydrogen (secondary N) is 2. The molecule has 0 aliphatic heterocycles. The summed E-state index contributed by atoms with van der Waals surface area (Å²) in [7, 11) is 0. The highest BCUT2D eigenvalue weighted by molar-refractivity contribution is 5.74. The van der Waals surface area contributed by atoms with Gasteiger partial charge in [0.15, 0.2) is 0 Å². The van der Waals surface area contributed by atoms with Crippen LogP contribution in [0.2, 0.25) is 0 Å². The number of benzene rings is 1. The third-order valence-corrected chi connectivity index (χ3v) is 4.65. The molecule has 2 amide bonds. The lowest BCUT2D eigenvalue weighted by Crippen LogP contribution is -2.44. The van der Waals surface area contributed by atoms with Gasteiger partial charge in [-0.25, -0.2) is 4.79 Å². The monoisotopic (exact) mass is 328 g/mol. The van der Waals surface area contributed by atoms with Gasteiger partial charge < -0.3 is 20.2 Å². The summed E-state index contributed by atoms with van der Waals surface area (Å²) in [6, 6.07) is 13.4. The van der Waals surface area contributed by atoms with Crippen molar-refractivity contribution in [1.29, 1.82) is 0 Å². The summed E-state index contributed by atoms with van der Waals surface area (Å²) in [6.07, 6.45) is 3.43. The Labute approximate surface area is 142 Å². The number of carbonyl (C=O) groups excluding carboxylic acids is 1. The van der Waals surface area contributed by atoms with E-state index in [-0.39, 0.29) is 17.5 Å². The Morgan fingerprint density at radius 1 is 1.25 bits per heavy atom. The molecule has 5 heteroatoms. The molecule has 2 unspecified atom stereocenters. The fourth-order valence-corrected chi connectivity index (χ4v) is 3.03. The topological polar surface area (TPSA) is 74.5 Å². The number of furan rings is 1. The third-order valence-electron chi connectivity index (χ3n) is 4.65. The van der Waals surface area contributed by atoms with Crippen molar-refractivity contribution in [2.24, 2.45) is 0 Å². The maximum Gasteiger partial charge on any atom is 0.315 e. The second kappa shape index (κ2) is 7.09. The van der Waals surface area contributed by atoms with Gasteiger partial charge in [0.25, 0.3) is 0 Å². The molecule has 5 nitrogen and oxygen atoms in total. The van der Waals surface area contributed by atoms with Gasteiger partial charge in [0.1, 0.15) is 11.9 Å². The van der Waals surface area contributed by atoms with Gasteiger partial charge in [0.05, 0.1) is 6.26 Å². The van der Waals surface area contributed by atoms with Crippen molar-refractivity contribution in [3.8, 4) is 0 Å². The summed E-state index contributed by atoms with van der Waals surface area (Å²) in [5, 5.41) is 15.9. The molecule has 1 aromatic carbocycles. The number of aliphatic hydroxyl groups is 1. The molecule has 0 saturated heterocycles. The molecule has 1 aliphatic carbocycles. The minimum atomic E-state index is -0.714. The van der Waals surface area contributed by atoms with Gasteiger partial charge in [-0.15, -0.1) is 0 Å². The van der Waals surface area contributed by atoms with Gasteiger partial charge in [-0.3, -0.25) is 0 Å². The predicted molar refractivity (Wildman–Crippen MR) is 91.6 cm³/mol. The highest BCUT2D eigenvalue weighted by atomic mass is 16.4. The Kier molecular flexibility index (Phi) is 4.90. The normalized spacial score (nSPS) is 17.8. The molecule has 24 heavy (non-hydrogen) atoms. The van der Waals surface area contributed by atoms with Crippen LogP contribution in [0.5, 0.6) is 0 Å². The summed E-state index contributed by atoms with van der Waals surface area (Å²) in [5.41, 5.74) is 1.38. The van der Waals surface area contributed by atoms with Crippen LogP contribution >= 0.6 is 0 Å². The molecule has 128 valence electrons. The van der Waals surface area contributed by atoms with Crippen LogP contribution in [0.15, 0.2) is 53.1 Å². The lowest BCUT2D eigenvalue weighted by molar-refractivity contribution is 0.129. The van der Waals surface area contributed by atoms with Crippen molar-refractivity contribution in [1.82, 2.24) is 10.6 Å². The molecule has 0 bridgehead atoms. The second-order valence-electron chi connectivity index (χ2n) is 6.64. The molecule has 0 spiro atoms. The smallest absolute Gasteiger partial charge is 0.315 e. The van der Waals surface area contributed by atoms with Crippen LogP contribution < -0.4 is 10.6 Å². The van der Waals surface area contributed by atoms with Crippen molar-refractivity contribution < 1.29 is 14.3 Å². The summed E-state index contributed by atoms with van der Waals surface area (Å²) >= 11 is 0. The van der Waals surface area contributed by atoms with Gasteiger partial charge in [0.2, 0.25) is 0 Å². The van der Waals surface area contributed by atoms with Crippen molar-refractivity contribution in [2.75, 3.05) is 6.54 Å². The van der Waals surface area contributed by atoms with Crippen LogP contribution in [0.1, 0.15) is 43.6 Å². The largest absolute Gasteiger partial charge is 0.467 e. The van der Waals surface area contributed by atoms with E-state index in [2.05, 4.69) is 22.8 Å². The van der Waals surface area contributed by atoms with Gasteiger partial charge in [-0.2, -0.15) is 0 Å². The van der Waals surface area contributed by atoms with Gasteiger partial charge in [-0.1, -0.05) is 30.3 Å². The predicted octanol–water partition coefficient (Wildman–Crippen LogP) is 3.12. The first kappa shape index (κ1) is 16.6. The molecule has 3 N–H and O–H groups in total. The molecule has 1 aromatic heterocycles. The van der Waals surface area contributed by atoms with E-state index in [4.69, 9.17) is 4.42 Å². The zero-order valence-electron chi connectivity index (χ0n) is 13.9. The molecule has 3 rings (SSSR count). The molecule has 0 radical (unpaired) electrons. The Bertz CT molecular complexity index is 651. The van der Waals surface area contributed by atoms with Gasteiger partial charge in [0, 0.05) is 24.4 Å². The number of aliphatic hydroxyl groups excluding tert-OH is 1. The fourth-order valence-electron chi connectivity index (χ4n) is 3.03. The molecule has 1 saturated carbocycles. The van der Waals surface area contributed by atoms with Crippen LogP contribution in [0, 0.1) is 0 Å². The van der Waals surface area contributed by atoms with Crippen LogP contribution in [0.4, 0.5) is 4.79 Å². The van der Waals surface area contributed by atoms with Crippen LogP contribution in [0.25, 0.3) is 0 Å². The van der Waals surface area contributed by atoms with Crippen LogP contribution in [-0.2, 0) is 5.41 Å². The maximum atomic E-state index is 12.1. The van der Waals surface area contributed by atoms with E-state index in [9.17, 15) is 9.90 Å². The first-order valence-electron chi connectivity index (χ1n) is 8.40. The van der Waals surface area contributed by atoms with E-state index in [1.165, 1.54) is 11.8 Å². The molecular formula is C19H24N2O3. The number of hydrogen-bond donors (Lipinski definition) is 3. The van der Waals surface area contributed by atoms with Crippen molar-refractivity contribution in [2.45, 2.75) is 43.7 Å². The fraction of sp³-hybridized carbons (Fsp3) is 0.421. The maximum absolute atomic E-state index is 12.1. The Morgan fingerprint density at radius 3 is 2.62 bits per heavy atom. The number of carbonyl (C=O) groups is 1. The minimum absolute atomic E-state index is 0.0928. The lowest BCUT2D eigenvalue weighted by Gasteiger charge is -2.20. The van der Waals surface area contributed by atoms with Gasteiger partial charge in [-0.05, 0) is 37.5 Å². The standard InChI is InChI=1S/C19H24N2O3/c1-14(12-16(22)17-8-5-11-24-17)21-18(23)20-13-19(9-10-19)15-6-3-2-4-7-15/h2-8,11,14,16,22H,9-10,12-13H2,1H3,(H2,20,21,23). The quantitative estimate of drug-likeness (QED) is 0.731. The number of hydrogen-bond acceptors (Lipinski definition) is 3. The minimum Gasteiger partial charge on any atom is -0.467 e. The third kappa shape index (κ3) is 3.97. The Hall–Kier alpha value is -2.27. The summed E-state index contributed by atoms with van der Waals surface area (Å²) in [4.78, 5) is 12.1. The van der Waals surface area contributed by atoms with E-state index in [1.54, 1.807) is 12.1 Å². The Morgan fingerprint density at radius 2 is 2.00 bits per heavy atom. The van der Waals surface area contributed by atoms with E-state index < -0.39 is 6.10 Å². The SMILES string of the molecule is CC(CC(O)c1ccco1)NC(=O)NCC1(c2ccccc2)CC1. The average Bonchev–Trinajstić information content (AvgIpc) is 3.17. The Balaban J connectivity index is 1.44. The van der Waals surface area contributed by atoms with E-state index in [1.807, 2.05) is 25.1 Å². The second-order valence-corrected chi connectivity index (χ2v) is 6.64. The first-order valence-corrected chi connectivity index (χ1v) is 8.40. The molecule has 1 heterocycles. The average molecular weight is 328 g/mol. The number of rotatable bonds is 7. The summed E-state index contributed by atoms with van der Waals surface area (Å²) < 4.78 is 5.17. The first-order chi connectivity index (χ1) is 11.6. The van der Waals surface area contributed by atoms with Crippen LogP contribution in [-0.4, -0.2) is 23.7 Å². The zero-order valence-corrected chi connectivity index (χ0v) is 13.9. The molecular weight excluding hydrogens is 304 g/mol. The van der Waals surface area contributed by atoms with Crippen molar-refractivity contribution >= 4 is 6.03 Å². The highest BCUT2D eigenvalue weighted by Gasteiger charge is 2.44. The molecule has 2 atom stereocenters.